The monoisotopic (exact) mass is 347 g/mol. The molecule has 0 unspecified atom stereocenters. The molecule has 2 amide bonds. The van der Waals surface area contributed by atoms with Crippen molar-refractivity contribution in [1.29, 1.82) is 0 Å². The summed E-state index contributed by atoms with van der Waals surface area (Å²) in [6.45, 7) is 3.30. The summed E-state index contributed by atoms with van der Waals surface area (Å²) in [5.74, 6) is 1.12. The van der Waals surface area contributed by atoms with Crippen molar-refractivity contribution in [1.82, 2.24) is 19.8 Å². The van der Waals surface area contributed by atoms with Crippen molar-refractivity contribution in [2.75, 3.05) is 46.2 Å². The molecule has 1 atom stereocenters. The Morgan fingerprint density at radius 1 is 1.28 bits per heavy atom. The molecule has 1 aliphatic rings. The zero-order valence-corrected chi connectivity index (χ0v) is 15.9. The van der Waals surface area contributed by atoms with Crippen molar-refractivity contribution in [2.24, 2.45) is 5.92 Å². The average molecular weight is 347 g/mol. The topological polar surface area (TPSA) is 69.6 Å². The SMILES string of the molecule is Cc1nc(N(C)C)ncc1C(=O)N1CCC[C@H](CCC(=O)N(C)C)C1. The number of nitrogens with zero attached hydrogens (tertiary/aromatic N) is 5. The molecule has 1 saturated heterocycles. The van der Waals surface area contributed by atoms with E-state index in [9.17, 15) is 9.59 Å². The van der Waals surface area contributed by atoms with E-state index < -0.39 is 0 Å². The third-order valence-corrected chi connectivity index (χ3v) is 4.67. The molecule has 0 radical (unpaired) electrons. The van der Waals surface area contributed by atoms with Crippen molar-refractivity contribution in [3.63, 3.8) is 0 Å². The Bertz CT molecular complexity index is 630. The van der Waals surface area contributed by atoms with Gasteiger partial charge >= 0.3 is 0 Å². The second-order valence-corrected chi connectivity index (χ2v) is 7.15. The smallest absolute Gasteiger partial charge is 0.257 e. The van der Waals surface area contributed by atoms with Gasteiger partial charge in [0.25, 0.3) is 5.91 Å². The second kappa shape index (κ2) is 8.27. The number of aryl methyl sites for hydroxylation is 1. The normalized spacial score (nSPS) is 17.3. The minimum absolute atomic E-state index is 0.00792. The third kappa shape index (κ3) is 4.90. The van der Waals surface area contributed by atoms with Crippen LogP contribution in [-0.4, -0.2) is 72.9 Å². The van der Waals surface area contributed by atoms with Crippen LogP contribution in [0.25, 0.3) is 0 Å². The van der Waals surface area contributed by atoms with Crippen LogP contribution in [0.1, 0.15) is 41.7 Å². The third-order valence-electron chi connectivity index (χ3n) is 4.67. The van der Waals surface area contributed by atoms with Crippen LogP contribution in [0.3, 0.4) is 0 Å². The number of piperidine rings is 1. The lowest BCUT2D eigenvalue weighted by Gasteiger charge is -2.33. The molecule has 1 aromatic heterocycles. The number of amides is 2. The van der Waals surface area contributed by atoms with Crippen LogP contribution in [0.15, 0.2) is 6.20 Å². The van der Waals surface area contributed by atoms with Gasteiger partial charge in [-0.1, -0.05) is 0 Å². The van der Waals surface area contributed by atoms with Gasteiger partial charge in [-0.25, -0.2) is 9.97 Å². The fourth-order valence-corrected chi connectivity index (χ4v) is 3.09. The predicted molar refractivity (Wildman–Crippen MR) is 97.7 cm³/mol. The summed E-state index contributed by atoms with van der Waals surface area (Å²) in [5.41, 5.74) is 1.27. The van der Waals surface area contributed by atoms with Crippen molar-refractivity contribution in [3.05, 3.63) is 17.5 Å². The Hall–Kier alpha value is -2.18. The van der Waals surface area contributed by atoms with E-state index in [0.29, 0.717) is 36.1 Å². The van der Waals surface area contributed by atoms with Gasteiger partial charge in [0.2, 0.25) is 11.9 Å². The number of hydrogen-bond acceptors (Lipinski definition) is 5. The molecule has 0 spiro atoms. The predicted octanol–water partition coefficient (Wildman–Crippen LogP) is 1.57. The van der Waals surface area contributed by atoms with Gasteiger partial charge in [-0.05, 0) is 32.1 Å². The van der Waals surface area contributed by atoms with Crippen molar-refractivity contribution >= 4 is 17.8 Å². The molecule has 0 bridgehead atoms. The molecule has 0 aliphatic carbocycles. The summed E-state index contributed by atoms with van der Waals surface area (Å²) in [5, 5.41) is 0. The van der Waals surface area contributed by atoms with E-state index in [1.165, 1.54) is 0 Å². The first kappa shape index (κ1) is 19.1. The highest BCUT2D eigenvalue weighted by atomic mass is 16.2. The average Bonchev–Trinajstić information content (AvgIpc) is 2.59. The first-order chi connectivity index (χ1) is 11.8. The fourth-order valence-electron chi connectivity index (χ4n) is 3.09. The van der Waals surface area contributed by atoms with Crippen LogP contribution in [0, 0.1) is 12.8 Å². The molecule has 0 N–H and O–H groups in total. The van der Waals surface area contributed by atoms with E-state index in [4.69, 9.17) is 0 Å². The van der Waals surface area contributed by atoms with Gasteiger partial charge in [0.05, 0.1) is 11.3 Å². The maximum absolute atomic E-state index is 12.9. The van der Waals surface area contributed by atoms with Gasteiger partial charge < -0.3 is 14.7 Å². The minimum Gasteiger partial charge on any atom is -0.349 e. The van der Waals surface area contributed by atoms with Crippen LogP contribution < -0.4 is 4.90 Å². The zero-order chi connectivity index (χ0) is 18.6. The second-order valence-electron chi connectivity index (χ2n) is 7.15. The standard InChI is InChI=1S/C18H29N5O2/c1-13-15(11-19-18(20-13)22(4)5)17(25)23-10-6-7-14(12-23)8-9-16(24)21(2)3/h11,14H,6-10,12H2,1-5H3/t14-/m1/s1. The van der Waals surface area contributed by atoms with Crippen LogP contribution in [0.5, 0.6) is 0 Å². The summed E-state index contributed by atoms with van der Waals surface area (Å²) < 4.78 is 0. The van der Waals surface area contributed by atoms with Gasteiger partial charge in [-0.3, -0.25) is 9.59 Å². The molecule has 7 heteroatoms. The summed E-state index contributed by atoms with van der Waals surface area (Å²) in [6.07, 6.45) is 5.04. The van der Waals surface area contributed by atoms with E-state index in [1.807, 2.05) is 30.8 Å². The summed E-state index contributed by atoms with van der Waals surface area (Å²) in [7, 11) is 7.31. The molecule has 0 saturated carbocycles. The van der Waals surface area contributed by atoms with Gasteiger partial charge in [-0.15, -0.1) is 0 Å². The fraction of sp³-hybridized carbons (Fsp3) is 0.667. The molecule has 1 fully saturated rings. The number of anilines is 1. The maximum atomic E-state index is 12.9. The van der Waals surface area contributed by atoms with Gasteiger partial charge in [0, 0.05) is 53.9 Å². The van der Waals surface area contributed by atoms with Crippen molar-refractivity contribution < 1.29 is 9.59 Å². The van der Waals surface area contributed by atoms with Gasteiger partial charge in [-0.2, -0.15) is 0 Å². The van der Waals surface area contributed by atoms with Crippen LogP contribution in [-0.2, 0) is 4.79 Å². The van der Waals surface area contributed by atoms with Gasteiger partial charge in [0.1, 0.15) is 0 Å². The molecule has 2 rings (SSSR count). The molecule has 1 aliphatic heterocycles. The van der Waals surface area contributed by atoms with E-state index in [1.54, 1.807) is 25.2 Å². The van der Waals surface area contributed by atoms with E-state index in [0.717, 1.165) is 25.8 Å². The summed E-state index contributed by atoms with van der Waals surface area (Å²) >= 11 is 0. The molecule has 25 heavy (non-hydrogen) atoms. The molecule has 7 nitrogen and oxygen atoms in total. The molecule has 0 aromatic carbocycles. The lowest BCUT2D eigenvalue weighted by molar-refractivity contribution is -0.129. The molecule has 138 valence electrons. The Morgan fingerprint density at radius 3 is 2.60 bits per heavy atom. The van der Waals surface area contributed by atoms with Crippen molar-refractivity contribution in [2.45, 2.75) is 32.6 Å². The number of rotatable bonds is 5. The van der Waals surface area contributed by atoms with Gasteiger partial charge in [0.15, 0.2) is 0 Å². The van der Waals surface area contributed by atoms with E-state index in [2.05, 4.69) is 9.97 Å². The highest BCUT2D eigenvalue weighted by Crippen LogP contribution is 2.23. The number of carbonyl (C=O) groups excluding carboxylic acids is 2. The Labute approximate surface area is 150 Å². The first-order valence-corrected chi connectivity index (χ1v) is 8.80. The number of aromatic nitrogens is 2. The Kier molecular flexibility index (Phi) is 6.33. The van der Waals surface area contributed by atoms with Crippen molar-refractivity contribution in [3.8, 4) is 0 Å². The number of likely N-dealkylation sites (tertiary alicyclic amines) is 1. The highest BCUT2D eigenvalue weighted by molar-refractivity contribution is 5.95. The molecular weight excluding hydrogens is 318 g/mol. The number of carbonyl (C=O) groups is 2. The quantitative estimate of drug-likeness (QED) is 0.809. The Morgan fingerprint density at radius 2 is 2.00 bits per heavy atom. The van der Waals surface area contributed by atoms with E-state index in [-0.39, 0.29) is 11.8 Å². The zero-order valence-electron chi connectivity index (χ0n) is 15.9. The van der Waals surface area contributed by atoms with Crippen LogP contribution in [0.2, 0.25) is 0 Å². The summed E-state index contributed by atoms with van der Waals surface area (Å²) in [6, 6.07) is 0. The first-order valence-electron chi connectivity index (χ1n) is 8.80. The van der Waals surface area contributed by atoms with E-state index >= 15 is 0 Å². The lowest BCUT2D eigenvalue weighted by Crippen LogP contribution is -2.40. The Balaban J connectivity index is 2.00. The van der Waals surface area contributed by atoms with Crippen LogP contribution >= 0.6 is 0 Å². The summed E-state index contributed by atoms with van der Waals surface area (Å²) in [4.78, 5) is 38.6. The van der Waals surface area contributed by atoms with Crippen LogP contribution in [0.4, 0.5) is 5.95 Å². The lowest BCUT2D eigenvalue weighted by atomic mass is 9.92. The largest absolute Gasteiger partial charge is 0.349 e. The minimum atomic E-state index is -0.00792. The molecular formula is C18H29N5O2. The number of hydrogen-bond donors (Lipinski definition) is 0. The molecule has 2 heterocycles. The maximum Gasteiger partial charge on any atom is 0.257 e. The molecule has 1 aromatic rings. The highest BCUT2D eigenvalue weighted by Gasteiger charge is 2.26.